The molecule has 5 heteroatoms. The van der Waals surface area contributed by atoms with Crippen LogP contribution in [0, 0.1) is 6.92 Å². The summed E-state index contributed by atoms with van der Waals surface area (Å²) in [5, 5.41) is 0. The van der Waals surface area contributed by atoms with Gasteiger partial charge in [0.15, 0.2) is 12.4 Å². The van der Waals surface area contributed by atoms with Crippen LogP contribution in [0.2, 0.25) is 0 Å². The van der Waals surface area contributed by atoms with E-state index in [1.165, 1.54) is 0 Å². The summed E-state index contributed by atoms with van der Waals surface area (Å²) in [5.74, 6) is 0.317. The Bertz CT molecular complexity index is 501. The summed E-state index contributed by atoms with van der Waals surface area (Å²) in [6, 6.07) is 7.72. The zero-order valence-corrected chi connectivity index (χ0v) is 12.3. The molecule has 0 aliphatic carbocycles. The monoisotopic (exact) mass is 291 g/mol. The lowest BCUT2D eigenvalue weighted by atomic mass is 10.0. The minimum absolute atomic E-state index is 0.0179. The number of aryl methyl sites for hydroxylation is 1. The first-order valence-corrected chi connectivity index (χ1v) is 7.42. The number of carbonyl (C=O) groups excluding carboxylic acids is 1. The number of nitrogens with zero attached hydrogens (tertiary/aromatic N) is 1. The van der Waals surface area contributed by atoms with Crippen LogP contribution >= 0.6 is 0 Å². The van der Waals surface area contributed by atoms with Crippen molar-refractivity contribution in [1.29, 1.82) is 0 Å². The predicted molar refractivity (Wildman–Crippen MR) is 77.1 cm³/mol. The van der Waals surface area contributed by atoms with Crippen molar-refractivity contribution in [3.63, 3.8) is 0 Å². The van der Waals surface area contributed by atoms with E-state index in [0.29, 0.717) is 26.3 Å². The molecule has 1 aromatic carbocycles. The number of likely N-dealkylation sites (tertiary alicyclic amines) is 1. The van der Waals surface area contributed by atoms with Gasteiger partial charge >= 0.3 is 0 Å². The van der Waals surface area contributed by atoms with Crippen molar-refractivity contribution >= 4 is 5.91 Å². The molecule has 114 valence electrons. The van der Waals surface area contributed by atoms with Gasteiger partial charge in [0.05, 0.1) is 13.2 Å². The fourth-order valence-corrected chi connectivity index (χ4v) is 2.82. The van der Waals surface area contributed by atoms with E-state index in [2.05, 4.69) is 0 Å². The van der Waals surface area contributed by atoms with Crippen LogP contribution < -0.4 is 4.74 Å². The topological polar surface area (TPSA) is 48.0 Å². The van der Waals surface area contributed by atoms with Crippen LogP contribution in [-0.2, 0) is 14.3 Å². The first-order valence-electron chi connectivity index (χ1n) is 7.42. The zero-order valence-electron chi connectivity index (χ0n) is 12.3. The largest absolute Gasteiger partial charge is 0.484 e. The highest BCUT2D eigenvalue weighted by Gasteiger charge is 2.40. The minimum Gasteiger partial charge on any atom is -0.484 e. The van der Waals surface area contributed by atoms with Gasteiger partial charge in [0.2, 0.25) is 0 Å². The van der Waals surface area contributed by atoms with Gasteiger partial charge in [-0.2, -0.15) is 0 Å². The fraction of sp³-hybridized carbons (Fsp3) is 0.562. The average Bonchev–Trinajstić information content (AvgIpc) is 2.94. The number of ether oxygens (including phenoxy) is 3. The second kappa shape index (κ2) is 6.03. The number of hydrogen-bond donors (Lipinski definition) is 0. The van der Waals surface area contributed by atoms with Gasteiger partial charge in [0.25, 0.3) is 5.91 Å². The second-order valence-corrected chi connectivity index (χ2v) is 5.59. The van der Waals surface area contributed by atoms with Crippen molar-refractivity contribution < 1.29 is 19.0 Å². The molecule has 2 aliphatic heterocycles. The van der Waals surface area contributed by atoms with Crippen molar-refractivity contribution in [2.24, 2.45) is 0 Å². The SMILES string of the molecule is Cc1cccc(OCC(=O)N2CCC3(CC2)OCCO3)c1. The Morgan fingerprint density at radius 2 is 2.00 bits per heavy atom. The first-order chi connectivity index (χ1) is 10.2. The summed E-state index contributed by atoms with van der Waals surface area (Å²) in [6.45, 7) is 4.72. The third-order valence-electron chi connectivity index (χ3n) is 4.04. The van der Waals surface area contributed by atoms with E-state index in [0.717, 1.165) is 24.2 Å². The molecule has 0 atom stereocenters. The van der Waals surface area contributed by atoms with Crippen LogP contribution in [0.15, 0.2) is 24.3 Å². The molecule has 1 spiro atoms. The lowest BCUT2D eigenvalue weighted by molar-refractivity contribution is -0.187. The van der Waals surface area contributed by atoms with Gasteiger partial charge in [-0.25, -0.2) is 0 Å². The summed E-state index contributed by atoms with van der Waals surface area (Å²) in [4.78, 5) is 14.0. The lowest BCUT2D eigenvalue weighted by Crippen LogP contribution is -2.48. The van der Waals surface area contributed by atoms with Gasteiger partial charge in [-0.3, -0.25) is 4.79 Å². The molecule has 0 radical (unpaired) electrons. The maximum atomic E-state index is 12.2. The standard InChI is InChI=1S/C16H21NO4/c1-13-3-2-4-14(11-13)19-12-15(18)17-7-5-16(6-8-17)20-9-10-21-16/h2-4,11H,5-10,12H2,1H3. The average molecular weight is 291 g/mol. The summed E-state index contributed by atoms with van der Waals surface area (Å²) < 4.78 is 16.9. The van der Waals surface area contributed by atoms with Crippen LogP contribution in [0.1, 0.15) is 18.4 Å². The van der Waals surface area contributed by atoms with Gasteiger partial charge in [-0.15, -0.1) is 0 Å². The molecular weight excluding hydrogens is 270 g/mol. The van der Waals surface area contributed by atoms with Crippen molar-refractivity contribution in [2.45, 2.75) is 25.6 Å². The molecule has 2 aliphatic rings. The van der Waals surface area contributed by atoms with Crippen molar-refractivity contribution in [3.8, 4) is 5.75 Å². The molecule has 0 aromatic heterocycles. The predicted octanol–water partition coefficient (Wildman–Crippen LogP) is 1.74. The Hall–Kier alpha value is -1.59. The summed E-state index contributed by atoms with van der Waals surface area (Å²) in [7, 11) is 0. The van der Waals surface area contributed by atoms with Crippen molar-refractivity contribution in [1.82, 2.24) is 4.90 Å². The van der Waals surface area contributed by atoms with Gasteiger partial charge < -0.3 is 19.1 Å². The second-order valence-electron chi connectivity index (χ2n) is 5.59. The molecular formula is C16H21NO4. The van der Waals surface area contributed by atoms with Gasteiger partial charge in [0.1, 0.15) is 5.75 Å². The van der Waals surface area contributed by atoms with Gasteiger partial charge in [-0.1, -0.05) is 12.1 Å². The molecule has 2 saturated heterocycles. The lowest BCUT2D eigenvalue weighted by Gasteiger charge is -2.37. The summed E-state index contributed by atoms with van der Waals surface area (Å²) >= 11 is 0. The normalized spacial score (nSPS) is 20.7. The molecule has 1 amide bonds. The number of benzene rings is 1. The van der Waals surface area contributed by atoms with Crippen molar-refractivity contribution in [2.75, 3.05) is 32.9 Å². The number of amides is 1. The zero-order chi connectivity index (χ0) is 14.7. The quantitative estimate of drug-likeness (QED) is 0.851. The molecule has 2 heterocycles. The minimum atomic E-state index is -0.436. The Balaban J connectivity index is 1.48. The third-order valence-corrected chi connectivity index (χ3v) is 4.04. The van der Waals surface area contributed by atoms with E-state index >= 15 is 0 Å². The van der Waals surface area contributed by atoms with E-state index in [4.69, 9.17) is 14.2 Å². The maximum Gasteiger partial charge on any atom is 0.260 e. The smallest absolute Gasteiger partial charge is 0.260 e. The highest BCUT2D eigenvalue weighted by molar-refractivity contribution is 5.77. The summed E-state index contributed by atoms with van der Waals surface area (Å²) in [5.41, 5.74) is 1.12. The van der Waals surface area contributed by atoms with E-state index in [-0.39, 0.29) is 12.5 Å². The molecule has 3 rings (SSSR count). The Morgan fingerprint density at radius 1 is 1.29 bits per heavy atom. The fourth-order valence-electron chi connectivity index (χ4n) is 2.82. The van der Waals surface area contributed by atoms with E-state index in [1.807, 2.05) is 36.1 Å². The number of carbonyl (C=O) groups is 1. The Kier molecular flexibility index (Phi) is 4.12. The van der Waals surface area contributed by atoms with Crippen LogP contribution in [-0.4, -0.2) is 49.5 Å². The van der Waals surface area contributed by atoms with Crippen molar-refractivity contribution in [3.05, 3.63) is 29.8 Å². The van der Waals surface area contributed by atoms with Gasteiger partial charge in [0, 0.05) is 25.9 Å². The molecule has 2 fully saturated rings. The number of hydrogen-bond acceptors (Lipinski definition) is 4. The maximum absolute atomic E-state index is 12.2. The van der Waals surface area contributed by atoms with Gasteiger partial charge in [-0.05, 0) is 24.6 Å². The molecule has 5 nitrogen and oxygen atoms in total. The van der Waals surface area contributed by atoms with E-state index in [9.17, 15) is 4.79 Å². The highest BCUT2D eigenvalue weighted by atomic mass is 16.7. The third kappa shape index (κ3) is 3.36. The number of rotatable bonds is 3. The van der Waals surface area contributed by atoms with Crippen LogP contribution in [0.4, 0.5) is 0 Å². The van der Waals surface area contributed by atoms with E-state index in [1.54, 1.807) is 0 Å². The number of piperidine rings is 1. The molecule has 1 aromatic rings. The van der Waals surface area contributed by atoms with Crippen LogP contribution in [0.3, 0.4) is 0 Å². The summed E-state index contributed by atoms with van der Waals surface area (Å²) in [6.07, 6.45) is 1.48. The molecule has 0 unspecified atom stereocenters. The van der Waals surface area contributed by atoms with E-state index < -0.39 is 5.79 Å². The molecule has 0 bridgehead atoms. The highest BCUT2D eigenvalue weighted by Crippen LogP contribution is 2.31. The Morgan fingerprint density at radius 3 is 2.67 bits per heavy atom. The van der Waals surface area contributed by atoms with Crippen LogP contribution in [0.25, 0.3) is 0 Å². The Labute approximate surface area is 124 Å². The molecule has 0 N–H and O–H groups in total. The molecule has 21 heavy (non-hydrogen) atoms. The molecule has 0 saturated carbocycles. The van der Waals surface area contributed by atoms with Crippen LogP contribution in [0.5, 0.6) is 5.75 Å². The first kappa shape index (κ1) is 14.4.